The number of halogens is 1. The number of pyridine rings is 1. The molecule has 1 aromatic heterocycles. The Hall–Kier alpha value is -1.35. The molecule has 0 bridgehead atoms. The molecule has 0 spiro atoms. The zero-order chi connectivity index (χ0) is 12.3. The van der Waals surface area contributed by atoms with Crippen molar-refractivity contribution in [3.63, 3.8) is 0 Å². The highest BCUT2D eigenvalue weighted by atomic mass is 79.9. The minimum absolute atomic E-state index is 0.797. The van der Waals surface area contributed by atoms with E-state index in [9.17, 15) is 0 Å². The zero-order valence-electron chi connectivity index (χ0n) is 10.00. The molecule has 1 aromatic carbocycles. The van der Waals surface area contributed by atoms with Crippen LogP contribution in [0.3, 0.4) is 0 Å². The molecule has 0 amide bonds. The molecule has 0 saturated heterocycles. The third-order valence-electron chi connectivity index (χ3n) is 2.60. The van der Waals surface area contributed by atoms with Gasteiger partial charge >= 0.3 is 0 Å². The molecule has 0 radical (unpaired) electrons. The van der Waals surface area contributed by atoms with E-state index in [1.165, 1.54) is 11.1 Å². The van der Waals surface area contributed by atoms with Crippen LogP contribution in [0.25, 0.3) is 0 Å². The summed E-state index contributed by atoms with van der Waals surface area (Å²) < 4.78 is 1.14. The van der Waals surface area contributed by atoms with Crippen molar-refractivity contribution in [1.82, 2.24) is 4.98 Å². The summed E-state index contributed by atoms with van der Waals surface area (Å²) in [5.41, 5.74) is 4.59. The molecule has 88 valence electrons. The van der Waals surface area contributed by atoms with Crippen molar-refractivity contribution in [2.24, 2.45) is 0 Å². The fourth-order valence-corrected chi connectivity index (χ4v) is 2.20. The van der Waals surface area contributed by atoms with Gasteiger partial charge in [0.2, 0.25) is 0 Å². The lowest BCUT2D eigenvalue weighted by Gasteiger charge is -2.08. The Balaban J connectivity index is 2.04. The molecule has 0 unspecified atom stereocenters. The molecule has 0 aliphatic rings. The second-order valence-corrected chi connectivity index (χ2v) is 4.99. The zero-order valence-corrected chi connectivity index (χ0v) is 11.6. The van der Waals surface area contributed by atoms with Gasteiger partial charge in [0.1, 0.15) is 0 Å². The Morgan fingerprint density at radius 2 is 2.00 bits per heavy atom. The first-order valence-corrected chi connectivity index (χ1v) is 6.36. The van der Waals surface area contributed by atoms with Gasteiger partial charge in [0.05, 0.1) is 11.9 Å². The quantitative estimate of drug-likeness (QED) is 0.922. The summed E-state index contributed by atoms with van der Waals surface area (Å²) in [7, 11) is 0. The maximum atomic E-state index is 4.25. The van der Waals surface area contributed by atoms with E-state index in [1.54, 1.807) is 0 Å². The molecule has 0 fully saturated rings. The highest BCUT2D eigenvalue weighted by molar-refractivity contribution is 9.10. The molecule has 17 heavy (non-hydrogen) atoms. The molecular weight excluding hydrogens is 276 g/mol. The third kappa shape index (κ3) is 3.30. The predicted molar refractivity (Wildman–Crippen MR) is 75.2 cm³/mol. The average molecular weight is 291 g/mol. The number of rotatable bonds is 3. The summed E-state index contributed by atoms with van der Waals surface area (Å²) in [6.45, 7) is 4.87. The lowest BCUT2D eigenvalue weighted by Crippen LogP contribution is -2.00. The molecule has 0 aliphatic heterocycles. The van der Waals surface area contributed by atoms with Crippen molar-refractivity contribution in [3.8, 4) is 0 Å². The van der Waals surface area contributed by atoms with Crippen molar-refractivity contribution in [2.45, 2.75) is 20.4 Å². The number of benzene rings is 1. The average Bonchev–Trinajstić information content (AvgIpc) is 2.30. The van der Waals surface area contributed by atoms with Crippen molar-refractivity contribution >= 4 is 21.6 Å². The van der Waals surface area contributed by atoms with Gasteiger partial charge in [-0.05, 0) is 43.2 Å². The number of nitrogens with one attached hydrogen (secondary N) is 1. The van der Waals surface area contributed by atoms with Crippen molar-refractivity contribution in [1.29, 1.82) is 0 Å². The monoisotopic (exact) mass is 290 g/mol. The molecule has 1 heterocycles. The summed E-state index contributed by atoms with van der Waals surface area (Å²) >= 11 is 3.58. The smallest absolute Gasteiger partial charge is 0.0529 e. The van der Waals surface area contributed by atoms with Gasteiger partial charge in [-0.1, -0.05) is 28.1 Å². The molecule has 2 nitrogen and oxygen atoms in total. The maximum Gasteiger partial charge on any atom is 0.0529 e. The van der Waals surface area contributed by atoms with Crippen LogP contribution in [0.15, 0.2) is 41.0 Å². The molecule has 1 N–H and O–H groups in total. The molecular formula is C14H15BrN2. The minimum Gasteiger partial charge on any atom is -0.380 e. The first-order valence-electron chi connectivity index (χ1n) is 5.57. The maximum absolute atomic E-state index is 4.25. The number of aryl methyl sites for hydroxylation is 2. The van der Waals surface area contributed by atoms with Gasteiger partial charge in [-0.15, -0.1) is 0 Å². The second-order valence-electron chi connectivity index (χ2n) is 4.14. The first kappa shape index (κ1) is 12.1. The fraction of sp³-hybridized carbons (Fsp3) is 0.214. The van der Waals surface area contributed by atoms with Crippen LogP contribution in [0.5, 0.6) is 0 Å². The summed E-state index contributed by atoms with van der Waals surface area (Å²) in [4.78, 5) is 4.25. The van der Waals surface area contributed by atoms with Gasteiger partial charge in [0, 0.05) is 16.7 Å². The molecule has 2 aromatic rings. The van der Waals surface area contributed by atoms with Crippen LogP contribution in [0, 0.1) is 13.8 Å². The summed E-state index contributed by atoms with van der Waals surface area (Å²) in [5.74, 6) is 0. The molecule has 2 rings (SSSR count). The van der Waals surface area contributed by atoms with E-state index in [2.05, 4.69) is 51.4 Å². The van der Waals surface area contributed by atoms with E-state index in [0.717, 1.165) is 22.4 Å². The number of anilines is 1. The van der Waals surface area contributed by atoms with Crippen molar-refractivity contribution < 1.29 is 0 Å². The minimum atomic E-state index is 0.797. The Morgan fingerprint density at radius 1 is 1.18 bits per heavy atom. The van der Waals surface area contributed by atoms with Gasteiger partial charge < -0.3 is 5.32 Å². The number of aromatic nitrogens is 1. The first-order chi connectivity index (χ1) is 8.15. The van der Waals surface area contributed by atoms with E-state index in [1.807, 2.05) is 25.3 Å². The largest absolute Gasteiger partial charge is 0.380 e. The van der Waals surface area contributed by atoms with Crippen LogP contribution in [0.4, 0.5) is 5.69 Å². The predicted octanol–water partition coefficient (Wildman–Crippen LogP) is 4.07. The SMILES string of the molecule is Cc1ccc(CNc2ccc(C)nc2)c(Br)c1. The molecule has 3 heteroatoms. The standard InChI is InChI=1S/C14H15BrN2/c1-10-3-5-12(14(15)7-10)8-17-13-6-4-11(2)16-9-13/h3-7,9,17H,8H2,1-2H3. The van der Waals surface area contributed by atoms with Gasteiger partial charge in [-0.3, -0.25) is 4.98 Å². The fourth-order valence-electron chi connectivity index (χ4n) is 1.57. The van der Waals surface area contributed by atoms with Crippen LogP contribution >= 0.6 is 15.9 Å². The Kier molecular flexibility index (Phi) is 3.79. The van der Waals surface area contributed by atoms with E-state index < -0.39 is 0 Å². The number of nitrogens with zero attached hydrogens (tertiary/aromatic N) is 1. The lowest BCUT2D eigenvalue weighted by atomic mass is 10.1. The Bertz CT molecular complexity index is 506. The summed E-state index contributed by atoms with van der Waals surface area (Å²) in [6.07, 6.45) is 1.86. The van der Waals surface area contributed by atoms with Crippen LogP contribution < -0.4 is 5.32 Å². The van der Waals surface area contributed by atoms with E-state index in [0.29, 0.717) is 0 Å². The normalized spacial score (nSPS) is 10.3. The van der Waals surface area contributed by atoms with Gasteiger partial charge in [-0.25, -0.2) is 0 Å². The molecule has 0 saturated carbocycles. The molecule has 0 aliphatic carbocycles. The van der Waals surface area contributed by atoms with E-state index >= 15 is 0 Å². The van der Waals surface area contributed by atoms with E-state index in [-0.39, 0.29) is 0 Å². The highest BCUT2D eigenvalue weighted by Crippen LogP contribution is 2.19. The molecule has 0 atom stereocenters. The van der Waals surface area contributed by atoms with Crippen LogP contribution in [0.1, 0.15) is 16.8 Å². The topological polar surface area (TPSA) is 24.9 Å². The van der Waals surface area contributed by atoms with Gasteiger partial charge in [-0.2, -0.15) is 0 Å². The van der Waals surface area contributed by atoms with Crippen molar-refractivity contribution in [3.05, 3.63) is 57.8 Å². The number of hydrogen-bond acceptors (Lipinski definition) is 2. The summed E-state index contributed by atoms with van der Waals surface area (Å²) in [6, 6.07) is 10.4. The highest BCUT2D eigenvalue weighted by Gasteiger charge is 2.00. The van der Waals surface area contributed by atoms with Crippen molar-refractivity contribution in [2.75, 3.05) is 5.32 Å². The van der Waals surface area contributed by atoms with Gasteiger partial charge in [0.15, 0.2) is 0 Å². The van der Waals surface area contributed by atoms with Crippen LogP contribution in [-0.2, 0) is 6.54 Å². The second kappa shape index (κ2) is 5.32. The summed E-state index contributed by atoms with van der Waals surface area (Å²) in [5, 5.41) is 3.36. The third-order valence-corrected chi connectivity index (χ3v) is 3.34. The van der Waals surface area contributed by atoms with Crippen LogP contribution in [0.2, 0.25) is 0 Å². The Morgan fingerprint density at radius 3 is 2.65 bits per heavy atom. The lowest BCUT2D eigenvalue weighted by molar-refractivity contribution is 1.11. The number of hydrogen-bond donors (Lipinski definition) is 1. The Labute approximate surface area is 110 Å². The van der Waals surface area contributed by atoms with Crippen LogP contribution in [-0.4, -0.2) is 4.98 Å². The van der Waals surface area contributed by atoms with Gasteiger partial charge in [0.25, 0.3) is 0 Å². The van der Waals surface area contributed by atoms with E-state index in [4.69, 9.17) is 0 Å².